The van der Waals surface area contributed by atoms with Crippen molar-refractivity contribution in [2.75, 3.05) is 20.3 Å². The summed E-state index contributed by atoms with van der Waals surface area (Å²) >= 11 is 0. The van der Waals surface area contributed by atoms with E-state index in [1.165, 1.54) is 12.0 Å². The fourth-order valence-corrected chi connectivity index (χ4v) is 2.26. The Morgan fingerprint density at radius 1 is 1.69 bits per heavy atom. The van der Waals surface area contributed by atoms with Crippen LogP contribution in [0.1, 0.15) is 31.4 Å². The molecule has 0 bridgehead atoms. The Morgan fingerprint density at radius 2 is 2.56 bits per heavy atom. The molecule has 2 unspecified atom stereocenters. The number of ether oxygens (including phenoxy) is 1. The molecule has 1 aromatic heterocycles. The second-order valence-corrected chi connectivity index (χ2v) is 4.44. The van der Waals surface area contributed by atoms with Crippen LogP contribution >= 0.6 is 0 Å². The van der Waals surface area contributed by atoms with E-state index in [-0.39, 0.29) is 0 Å². The van der Waals surface area contributed by atoms with Crippen LogP contribution in [0.2, 0.25) is 0 Å². The molecule has 0 saturated carbocycles. The van der Waals surface area contributed by atoms with Gasteiger partial charge < -0.3 is 10.1 Å². The van der Waals surface area contributed by atoms with Gasteiger partial charge in [-0.1, -0.05) is 0 Å². The summed E-state index contributed by atoms with van der Waals surface area (Å²) in [6.45, 7) is 4.88. The number of aromatic nitrogens is 2. The predicted octanol–water partition coefficient (Wildman–Crippen LogP) is 1.59. The lowest BCUT2D eigenvalue weighted by Gasteiger charge is -2.17. The lowest BCUT2D eigenvalue weighted by Crippen LogP contribution is -2.19. The molecule has 2 rings (SSSR count). The summed E-state index contributed by atoms with van der Waals surface area (Å²) in [5.41, 5.74) is 1.29. The van der Waals surface area contributed by atoms with Crippen LogP contribution in [0.3, 0.4) is 0 Å². The van der Waals surface area contributed by atoms with Gasteiger partial charge in [0, 0.05) is 37.6 Å². The Kier molecular flexibility index (Phi) is 3.96. The third-order valence-corrected chi connectivity index (χ3v) is 3.32. The number of nitrogens with zero attached hydrogens (tertiary/aromatic N) is 2. The molecule has 0 radical (unpaired) electrons. The van der Waals surface area contributed by atoms with Crippen LogP contribution in [0.25, 0.3) is 0 Å². The highest BCUT2D eigenvalue weighted by Gasteiger charge is 2.21. The molecule has 1 aromatic rings. The molecule has 1 aliphatic heterocycles. The second kappa shape index (κ2) is 5.46. The minimum absolute atomic E-state index is 0.409. The van der Waals surface area contributed by atoms with E-state index in [1.54, 1.807) is 0 Å². The lowest BCUT2D eigenvalue weighted by atomic mass is 9.96. The van der Waals surface area contributed by atoms with Crippen molar-refractivity contribution in [3.05, 3.63) is 18.0 Å². The predicted molar refractivity (Wildman–Crippen MR) is 63.2 cm³/mol. The van der Waals surface area contributed by atoms with Crippen molar-refractivity contribution in [2.24, 2.45) is 5.92 Å². The Labute approximate surface area is 97.0 Å². The van der Waals surface area contributed by atoms with Gasteiger partial charge in [-0.2, -0.15) is 5.10 Å². The van der Waals surface area contributed by atoms with Crippen molar-refractivity contribution >= 4 is 0 Å². The van der Waals surface area contributed by atoms with Crippen molar-refractivity contribution in [1.82, 2.24) is 15.1 Å². The third-order valence-electron chi connectivity index (χ3n) is 3.32. The van der Waals surface area contributed by atoms with Gasteiger partial charge in [0.05, 0.1) is 6.20 Å². The zero-order valence-electron chi connectivity index (χ0n) is 10.1. The van der Waals surface area contributed by atoms with Crippen LogP contribution in [0, 0.1) is 5.92 Å². The molecule has 4 heteroatoms. The summed E-state index contributed by atoms with van der Waals surface area (Å²) in [5, 5.41) is 7.70. The SMILES string of the molecule is CCn1cc(C(CC2CCOC2)NC)cn1. The highest BCUT2D eigenvalue weighted by atomic mass is 16.5. The third kappa shape index (κ3) is 2.62. The van der Waals surface area contributed by atoms with Gasteiger partial charge in [0.15, 0.2) is 0 Å². The minimum Gasteiger partial charge on any atom is -0.381 e. The van der Waals surface area contributed by atoms with Gasteiger partial charge in [0.2, 0.25) is 0 Å². The van der Waals surface area contributed by atoms with E-state index in [0.717, 1.165) is 26.2 Å². The minimum atomic E-state index is 0.409. The van der Waals surface area contributed by atoms with Crippen LogP contribution in [-0.4, -0.2) is 30.0 Å². The van der Waals surface area contributed by atoms with Crippen LogP contribution in [0.5, 0.6) is 0 Å². The van der Waals surface area contributed by atoms with Crippen LogP contribution in [0.4, 0.5) is 0 Å². The standard InChI is InChI=1S/C12H21N3O/c1-3-15-8-11(7-14-15)12(13-2)6-10-4-5-16-9-10/h7-8,10,12-13H,3-6,9H2,1-2H3. The molecule has 1 fully saturated rings. The Morgan fingerprint density at radius 3 is 3.12 bits per heavy atom. The van der Waals surface area contributed by atoms with Crippen molar-refractivity contribution in [2.45, 2.75) is 32.4 Å². The Balaban J connectivity index is 1.97. The van der Waals surface area contributed by atoms with Crippen LogP contribution < -0.4 is 5.32 Å². The largest absolute Gasteiger partial charge is 0.381 e. The summed E-state index contributed by atoms with van der Waals surface area (Å²) in [6, 6.07) is 0.409. The number of rotatable bonds is 5. The van der Waals surface area contributed by atoms with Gasteiger partial charge in [-0.25, -0.2) is 0 Å². The average Bonchev–Trinajstić information content (AvgIpc) is 2.96. The number of aryl methyl sites for hydroxylation is 1. The number of hydrogen-bond acceptors (Lipinski definition) is 3. The molecule has 2 heterocycles. The highest BCUT2D eigenvalue weighted by Crippen LogP contribution is 2.25. The topological polar surface area (TPSA) is 39.1 Å². The van der Waals surface area contributed by atoms with Crippen LogP contribution in [0.15, 0.2) is 12.4 Å². The first-order chi connectivity index (χ1) is 7.83. The first-order valence-corrected chi connectivity index (χ1v) is 6.10. The molecule has 2 atom stereocenters. The molecule has 0 spiro atoms. The normalized spacial score (nSPS) is 22.5. The summed E-state index contributed by atoms with van der Waals surface area (Å²) in [7, 11) is 2.02. The van der Waals surface area contributed by atoms with Crippen molar-refractivity contribution in [3.8, 4) is 0 Å². The van der Waals surface area contributed by atoms with Gasteiger partial charge in [-0.05, 0) is 32.7 Å². The Hall–Kier alpha value is -0.870. The van der Waals surface area contributed by atoms with Crippen molar-refractivity contribution < 1.29 is 4.74 Å². The molecule has 0 amide bonds. The fourth-order valence-electron chi connectivity index (χ4n) is 2.26. The summed E-state index contributed by atoms with van der Waals surface area (Å²) in [5.74, 6) is 0.697. The maximum Gasteiger partial charge on any atom is 0.0537 e. The highest BCUT2D eigenvalue weighted by molar-refractivity contribution is 5.10. The van der Waals surface area contributed by atoms with Gasteiger partial charge in [-0.3, -0.25) is 4.68 Å². The maximum absolute atomic E-state index is 5.42. The monoisotopic (exact) mass is 223 g/mol. The molecule has 1 aliphatic rings. The second-order valence-electron chi connectivity index (χ2n) is 4.44. The molecule has 4 nitrogen and oxygen atoms in total. The van der Waals surface area contributed by atoms with E-state index >= 15 is 0 Å². The molecule has 0 aromatic carbocycles. The van der Waals surface area contributed by atoms with E-state index in [4.69, 9.17) is 4.74 Å². The van der Waals surface area contributed by atoms with Gasteiger partial charge in [-0.15, -0.1) is 0 Å². The van der Waals surface area contributed by atoms with E-state index in [1.807, 2.05) is 17.9 Å². The Bertz CT molecular complexity index is 318. The molecule has 0 aliphatic carbocycles. The zero-order valence-corrected chi connectivity index (χ0v) is 10.1. The molecule has 90 valence electrons. The van der Waals surface area contributed by atoms with E-state index < -0.39 is 0 Å². The molecular formula is C12H21N3O. The zero-order chi connectivity index (χ0) is 11.4. The first kappa shape index (κ1) is 11.6. The van der Waals surface area contributed by atoms with Gasteiger partial charge in [0.1, 0.15) is 0 Å². The summed E-state index contributed by atoms with van der Waals surface area (Å²) in [6.07, 6.45) is 6.45. The fraction of sp³-hybridized carbons (Fsp3) is 0.750. The first-order valence-electron chi connectivity index (χ1n) is 6.10. The number of nitrogens with one attached hydrogen (secondary N) is 1. The molecule has 16 heavy (non-hydrogen) atoms. The van der Waals surface area contributed by atoms with Gasteiger partial charge >= 0.3 is 0 Å². The van der Waals surface area contributed by atoms with Crippen LogP contribution in [-0.2, 0) is 11.3 Å². The summed E-state index contributed by atoms with van der Waals surface area (Å²) in [4.78, 5) is 0. The van der Waals surface area contributed by atoms with E-state index in [2.05, 4.69) is 23.5 Å². The quantitative estimate of drug-likeness (QED) is 0.824. The smallest absolute Gasteiger partial charge is 0.0537 e. The van der Waals surface area contributed by atoms with Crippen molar-refractivity contribution in [3.63, 3.8) is 0 Å². The molecular weight excluding hydrogens is 202 g/mol. The van der Waals surface area contributed by atoms with Gasteiger partial charge in [0.25, 0.3) is 0 Å². The van der Waals surface area contributed by atoms with E-state index in [9.17, 15) is 0 Å². The molecule has 1 saturated heterocycles. The summed E-state index contributed by atoms with van der Waals surface area (Å²) < 4.78 is 7.39. The maximum atomic E-state index is 5.42. The lowest BCUT2D eigenvalue weighted by molar-refractivity contribution is 0.181. The number of hydrogen-bond donors (Lipinski definition) is 1. The van der Waals surface area contributed by atoms with E-state index in [0.29, 0.717) is 12.0 Å². The molecule has 1 N–H and O–H groups in total. The van der Waals surface area contributed by atoms with Crippen molar-refractivity contribution in [1.29, 1.82) is 0 Å². The average molecular weight is 223 g/mol.